The number of anilines is 1. The molecule has 4 nitrogen and oxygen atoms in total. The predicted molar refractivity (Wildman–Crippen MR) is 81.1 cm³/mol. The Balaban J connectivity index is 2.08. The fourth-order valence-electron chi connectivity index (χ4n) is 1.79. The maximum atomic E-state index is 12.0. The van der Waals surface area contributed by atoms with E-state index in [-0.39, 0.29) is 18.1 Å². The van der Waals surface area contributed by atoms with Gasteiger partial charge in [-0.05, 0) is 18.2 Å². The van der Waals surface area contributed by atoms with E-state index in [4.69, 9.17) is 4.74 Å². The lowest BCUT2D eigenvalue weighted by Crippen LogP contribution is -2.14. The molecule has 1 amide bonds. The molecule has 0 aliphatic rings. The molecule has 0 saturated heterocycles. The van der Waals surface area contributed by atoms with Crippen molar-refractivity contribution in [3.05, 3.63) is 52.5 Å². The van der Waals surface area contributed by atoms with Crippen molar-refractivity contribution in [1.82, 2.24) is 0 Å². The monoisotopic (exact) mass is 335 g/mol. The molecule has 0 atom stereocenters. The molecular weight excluding hydrogens is 322 g/mol. The third kappa shape index (κ3) is 3.74. The molecule has 2 aromatic rings. The summed E-state index contributed by atoms with van der Waals surface area (Å²) in [4.78, 5) is 12.0. The van der Waals surface area contributed by atoms with Crippen molar-refractivity contribution in [3.8, 4) is 11.5 Å². The van der Waals surface area contributed by atoms with Crippen molar-refractivity contribution in [2.24, 2.45) is 0 Å². The molecular formula is C15H14BrNO3. The van der Waals surface area contributed by atoms with Crippen LogP contribution < -0.4 is 10.1 Å². The summed E-state index contributed by atoms with van der Waals surface area (Å²) in [5.74, 6) is 0.568. The topological polar surface area (TPSA) is 58.6 Å². The SMILES string of the molecule is COc1cc(Br)cc(NC(=O)Cc2ccccc2O)c1. The lowest BCUT2D eigenvalue weighted by atomic mass is 10.1. The van der Waals surface area contributed by atoms with E-state index >= 15 is 0 Å². The Bertz CT molecular complexity index is 628. The van der Waals surface area contributed by atoms with E-state index < -0.39 is 0 Å². The quantitative estimate of drug-likeness (QED) is 0.900. The average molecular weight is 336 g/mol. The van der Waals surface area contributed by atoms with Crippen molar-refractivity contribution in [1.29, 1.82) is 0 Å². The van der Waals surface area contributed by atoms with Gasteiger partial charge in [0.15, 0.2) is 0 Å². The van der Waals surface area contributed by atoms with Crippen LogP contribution >= 0.6 is 15.9 Å². The number of phenols is 1. The summed E-state index contributed by atoms with van der Waals surface area (Å²) in [5.41, 5.74) is 1.23. The van der Waals surface area contributed by atoms with E-state index in [1.807, 2.05) is 0 Å². The molecule has 5 heteroatoms. The summed E-state index contributed by atoms with van der Waals surface area (Å²) in [5, 5.41) is 12.4. The largest absolute Gasteiger partial charge is 0.508 e. The van der Waals surface area contributed by atoms with Gasteiger partial charge in [0, 0.05) is 21.8 Å². The number of rotatable bonds is 4. The summed E-state index contributed by atoms with van der Waals surface area (Å²) >= 11 is 3.35. The number of ether oxygens (including phenoxy) is 1. The smallest absolute Gasteiger partial charge is 0.228 e. The normalized spacial score (nSPS) is 10.1. The van der Waals surface area contributed by atoms with Gasteiger partial charge in [-0.25, -0.2) is 0 Å². The predicted octanol–water partition coefficient (Wildman–Crippen LogP) is 3.34. The molecule has 0 fully saturated rings. The zero-order chi connectivity index (χ0) is 14.5. The minimum atomic E-state index is -0.202. The number of halogens is 1. The van der Waals surface area contributed by atoms with E-state index in [1.54, 1.807) is 49.6 Å². The average Bonchev–Trinajstić information content (AvgIpc) is 2.40. The highest BCUT2D eigenvalue weighted by atomic mass is 79.9. The highest BCUT2D eigenvalue weighted by Crippen LogP contribution is 2.25. The van der Waals surface area contributed by atoms with Crippen molar-refractivity contribution in [2.45, 2.75) is 6.42 Å². The summed E-state index contributed by atoms with van der Waals surface area (Å²) in [6.07, 6.45) is 0.113. The van der Waals surface area contributed by atoms with E-state index in [2.05, 4.69) is 21.2 Å². The van der Waals surface area contributed by atoms with Crippen LogP contribution in [0.4, 0.5) is 5.69 Å². The van der Waals surface area contributed by atoms with Crippen LogP contribution in [-0.4, -0.2) is 18.1 Å². The molecule has 0 aromatic heterocycles. The summed E-state index contributed by atoms with van der Waals surface area (Å²) < 4.78 is 5.95. The standard InChI is InChI=1S/C15H14BrNO3/c1-20-13-8-11(16)7-12(9-13)17-15(19)6-10-4-2-3-5-14(10)18/h2-5,7-9,18H,6H2,1H3,(H,17,19). The molecule has 0 aliphatic heterocycles. The van der Waals surface area contributed by atoms with Crippen molar-refractivity contribution >= 4 is 27.5 Å². The van der Waals surface area contributed by atoms with E-state index in [1.165, 1.54) is 0 Å². The second-order valence-electron chi connectivity index (χ2n) is 4.23. The van der Waals surface area contributed by atoms with E-state index in [0.717, 1.165) is 4.47 Å². The lowest BCUT2D eigenvalue weighted by Gasteiger charge is -2.09. The van der Waals surface area contributed by atoms with Gasteiger partial charge in [-0.1, -0.05) is 34.1 Å². The molecule has 2 rings (SSSR count). The number of aromatic hydroxyl groups is 1. The number of hydrogen-bond donors (Lipinski definition) is 2. The number of amides is 1. The van der Waals surface area contributed by atoms with Gasteiger partial charge in [-0.2, -0.15) is 0 Å². The van der Waals surface area contributed by atoms with Gasteiger partial charge in [0.05, 0.1) is 13.5 Å². The lowest BCUT2D eigenvalue weighted by molar-refractivity contribution is -0.115. The minimum absolute atomic E-state index is 0.113. The fraction of sp³-hybridized carbons (Fsp3) is 0.133. The van der Waals surface area contributed by atoms with Crippen LogP contribution in [0.25, 0.3) is 0 Å². The van der Waals surface area contributed by atoms with Gasteiger partial charge in [0.2, 0.25) is 5.91 Å². The first-order valence-electron chi connectivity index (χ1n) is 6.00. The third-order valence-electron chi connectivity index (χ3n) is 2.73. The molecule has 104 valence electrons. The number of phenolic OH excluding ortho intramolecular Hbond substituents is 1. The van der Waals surface area contributed by atoms with E-state index in [9.17, 15) is 9.90 Å². The highest BCUT2D eigenvalue weighted by Gasteiger charge is 2.08. The van der Waals surface area contributed by atoms with E-state index in [0.29, 0.717) is 17.0 Å². The van der Waals surface area contributed by atoms with Gasteiger partial charge < -0.3 is 15.2 Å². The van der Waals surface area contributed by atoms with Crippen LogP contribution in [-0.2, 0) is 11.2 Å². The number of nitrogens with one attached hydrogen (secondary N) is 1. The molecule has 2 aromatic carbocycles. The summed E-state index contributed by atoms with van der Waals surface area (Å²) in [7, 11) is 1.56. The number of carbonyl (C=O) groups is 1. The first-order valence-corrected chi connectivity index (χ1v) is 6.79. The number of carbonyl (C=O) groups excluding carboxylic acids is 1. The molecule has 0 aliphatic carbocycles. The Labute approximate surface area is 125 Å². The fourth-order valence-corrected chi connectivity index (χ4v) is 2.26. The first-order chi connectivity index (χ1) is 9.58. The van der Waals surface area contributed by atoms with Crippen LogP contribution in [0.5, 0.6) is 11.5 Å². The molecule has 0 saturated carbocycles. The number of hydrogen-bond acceptors (Lipinski definition) is 3. The Kier molecular flexibility index (Phi) is 4.63. The Hall–Kier alpha value is -2.01. The molecule has 0 bridgehead atoms. The second-order valence-corrected chi connectivity index (χ2v) is 5.15. The molecule has 0 heterocycles. The summed E-state index contributed by atoms with van der Waals surface area (Å²) in [6.45, 7) is 0. The van der Waals surface area contributed by atoms with Crippen LogP contribution in [0.1, 0.15) is 5.56 Å². The van der Waals surface area contributed by atoms with Crippen LogP contribution in [0.15, 0.2) is 46.9 Å². The second kappa shape index (κ2) is 6.43. The van der Waals surface area contributed by atoms with Gasteiger partial charge in [0.1, 0.15) is 11.5 Å². The molecule has 0 unspecified atom stereocenters. The maximum absolute atomic E-state index is 12.0. The molecule has 0 radical (unpaired) electrons. The zero-order valence-corrected chi connectivity index (χ0v) is 12.5. The summed E-state index contributed by atoms with van der Waals surface area (Å²) in [6, 6.07) is 12.1. The maximum Gasteiger partial charge on any atom is 0.228 e. The van der Waals surface area contributed by atoms with Crippen LogP contribution in [0.2, 0.25) is 0 Å². The minimum Gasteiger partial charge on any atom is -0.508 e. The molecule has 0 spiro atoms. The van der Waals surface area contributed by atoms with Crippen LogP contribution in [0.3, 0.4) is 0 Å². The Morgan fingerprint density at radius 1 is 1.30 bits per heavy atom. The molecule has 20 heavy (non-hydrogen) atoms. The zero-order valence-electron chi connectivity index (χ0n) is 10.9. The van der Waals surface area contributed by atoms with Crippen LogP contribution in [0, 0.1) is 0 Å². The van der Waals surface area contributed by atoms with Gasteiger partial charge in [-0.3, -0.25) is 4.79 Å². The van der Waals surface area contributed by atoms with Crippen molar-refractivity contribution in [2.75, 3.05) is 12.4 Å². The molecule has 2 N–H and O–H groups in total. The van der Waals surface area contributed by atoms with Gasteiger partial charge >= 0.3 is 0 Å². The van der Waals surface area contributed by atoms with Gasteiger partial charge in [0.25, 0.3) is 0 Å². The number of benzene rings is 2. The van der Waals surface area contributed by atoms with Gasteiger partial charge in [-0.15, -0.1) is 0 Å². The van der Waals surface area contributed by atoms with Crippen molar-refractivity contribution in [3.63, 3.8) is 0 Å². The van der Waals surface area contributed by atoms with Crippen molar-refractivity contribution < 1.29 is 14.6 Å². The first kappa shape index (κ1) is 14.4. The Morgan fingerprint density at radius 2 is 2.05 bits per heavy atom. The highest BCUT2D eigenvalue weighted by molar-refractivity contribution is 9.10. The number of para-hydroxylation sites is 1. The number of methoxy groups -OCH3 is 1. The Morgan fingerprint density at radius 3 is 2.75 bits per heavy atom. The third-order valence-corrected chi connectivity index (χ3v) is 3.19.